The highest BCUT2D eigenvalue weighted by Gasteiger charge is 2.24. The van der Waals surface area contributed by atoms with E-state index >= 15 is 0 Å². The molecule has 0 saturated carbocycles. The molecular weight excluding hydrogens is 827 g/mol. The largest absolute Gasteiger partial charge is 0.309 e. The summed E-state index contributed by atoms with van der Waals surface area (Å²) in [5.41, 5.74) is 11.8. The van der Waals surface area contributed by atoms with Gasteiger partial charge >= 0.3 is 0 Å². The maximum absolute atomic E-state index is 5.31. The van der Waals surface area contributed by atoms with Gasteiger partial charge in [0.1, 0.15) is 0 Å². The fraction of sp³-hybridized carbons (Fsp3) is 0. The van der Waals surface area contributed by atoms with E-state index in [0.29, 0.717) is 17.6 Å². The van der Waals surface area contributed by atoms with E-state index in [4.69, 9.17) is 15.0 Å². The van der Waals surface area contributed by atoms with Crippen molar-refractivity contribution in [2.24, 2.45) is 0 Å². The van der Waals surface area contributed by atoms with Crippen molar-refractivity contribution in [3.05, 3.63) is 237 Å². The van der Waals surface area contributed by atoms with E-state index in [9.17, 15) is 0 Å². The van der Waals surface area contributed by atoms with Crippen LogP contribution in [0.3, 0.4) is 0 Å². The molecule has 0 aliphatic carbocycles. The molecule has 0 N–H and O–H groups in total. The maximum atomic E-state index is 5.31. The number of benzene rings is 11. The fourth-order valence-electron chi connectivity index (χ4n) is 10.7. The predicted molar refractivity (Wildman–Crippen MR) is 283 cm³/mol. The normalized spacial score (nSPS) is 11.8. The van der Waals surface area contributed by atoms with Crippen molar-refractivity contribution in [1.82, 2.24) is 24.1 Å². The van der Waals surface area contributed by atoms with Crippen molar-refractivity contribution in [2.75, 3.05) is 0 Å². The third-order valence-corrected chi connectivity index (χ3v) is 13.7. The lowest BCUT2D eigenvalue weighted by Crippen LogP contribution is -2.06. The first kappa shape index (κ1) is 38.1. The van der Waals surface area contributed by atoms with Crippen LogP contribution in [0.25, 0.3) is 133 Å². The lowest BCUT2D eigenvalue weighted by atomic mass is 9.91. The smallest absolute Gasteiger partial charge is 0.238 e. The van der Waals surface area contributed by atoms with Crippen LogP contribution in [0.4, 0.5) is 0 Å². The van der Waals surface area contributed by atoms with Crippen molar-refractivity contribution in [1.29, 1.82) is 0 Å². The van der Waals surface area contributed by atoms with Gasteiger partial charge in [-0.2, -0.15) is 9.97 Å². The van der Waals surface area contributed by atoms with Crippen LogP contribution in [-0.4, -0.2) is 24.1 Å². The summed E-state index contributed by atoms with van der Waals surface area (Å²) in [6, 6.07) is 84.8. The first-order chi connectivity index (χ1) is 33.7. The van der Waals surface area contributed by atoms with Crippen molar-refractivity contribution in [2.45, 2.75) is 0 Å². The number of hydrogen-bond donors (Lipinski definition) is 0. The molecule has 0 unspecified atom stereocenters. The molecule has 0 bridgehead atoms. The minimum atomic E-state index is 0.568. The van der Waals surface area contributed by atoms with Gasteiger partial charge in [-0.05, 0) is 97.0 Å². The molecular formula is C63H39N5. The highest BCUT2D eigenvalue weighted by Crippen LogP contribution is 2.44. The average Bonchev–Trinajstić information content (AvgIpc) is 3.94. The number of hydrogen-bond acceptors (Lipinski definition) is 3. The van der Waals surface area contributed by atoms with Crippen molar-refractivity contribution in [3.8, 4) is 56.7 Å². The Labute approximate surface area is 391 Å². The summed E-state index contributed by atoms with van der Waals surface area (Å²) in [6.45, 7) is 0. The number of aromatic nitrogens is 5. The summed E-state index contributed by atoms with van der Waals surface area (Å²) in [4.78, 5) is 15.7. The summed E-state index contributed by atoms with van der Waals surface area (Å²) in [5, 5.41) is 12.1. The number of para-hydroxylation sites is 2. The van der Waals surface area contributed by atoms with E-state index in [1.165, 1.54) is 37.9 Å². The summed E-state index contributed by atoms with van der Waals surface area (Å²) in [7, 11) is 0. The third-order valence-electron chi connectivity index (χ3n) is 13.7. The summed E-state index contributed by atoms with van der Waals surface area (Å²) < 4.78 is 4.71. The monoisotopic (exact) mass is 865 g/mol. The minimum absolute atomic E-state index is 0.568. The Hall–Kier alpha value is -9.19. The van der Waals surface area contributed by atoms with E-state index < -0.39 is 0 Å². The SMILES string of the molecule is c1ccc(-c2cc(-c3ccc4c5ccccc5c5ccccc5c4c3)cc(-n3c4ccccc4c4c3ccc3c5ccccc5n(-c5nc(-c6ccccc6)nc(-c6ccccc6)n5)c34)c2)cc1. The van der Waals surface area contributed by atoms with E-state index in [0.717, 1.165) is 77.1 Å². The number of nitrogens with zero attached hydrogens (tertiary/aromatic N) is 5. The van der Waals surface area contributed by atoms with Gasteiger partial charge in [0.2, 0.25) is 5.95 Å². The molecule has 316 valence electrons. The fourth-order valence-corrected chi connectivity index (χ4v) is 10.7. The highest BCUT2D eigenvalue weighted by atomic mass is 15.2. The molecule has 0 amide bonds. The van der Waals surface area contributed by atoms with Crippen LogP contribution < -0.4 is 0 Å². The topological polar surface area (TPSA) is 48.5 Å². The van der Waals surface area contributed by atoms with E-state index in [1.54, 1.807) is 0 Å². The molecule has 0 spiro atoms. The molecule has 0 atom stereocenters. The predicted octanol–water partition coefficient (Wildman–Crippen LogP) is 16.2. The Bertz CT molecular complexity index is 4210. The van der Waals surface area contributed by atoms with E-state index in [-0.39, 0.29) is 0 Å². The molecule has 0 saturated heterocycles. The molecule has 3 aromatic heterocycles. The molecule has 68 heavy (non-hydrogen) atoms. The Kier molecular flexibility index (Phi) is 8.52. The van der Waals surface area contributed by atoms with Crippen LogP contribution >= 0.6 is 0 Å². The second-order valence-corrected chi connectivity index (χ2v) is 17.6. The quantitative estimate of drug-likeness (QED) is 0.156. The van der Waals surface area contributed by atoms with Gasteiger partial charge in [0, 0.05) is 38.4 Å². The summed E-state index contributed by atoms with van der Waals surface area (Å²) in [5.74, 6) is 1.81. The van der Waals surface area contributed by atoms with Crippen molar-refractivity contribution < 1.29 is 0 Å². The van der Waals surface area contributed by atoms with Gasteiger partial charge in [-0.1, -0.05) is 194 Å². The van der Waals surface area contributed by atoms with Crippen LogP contribution in [0.15, 0.2) is 237 Å². The third kappa shape index (κ3) is 5.93. The zero-order valence-electron chi connectivity index (χ0n) is 36.8. The maximum Gasteiger partial charge on any atom is 0.238 e. The van der Waals surface area contributed by atoms with Crippen molar-refractivity contribution >= 4 is 75.9 Å². The Morgan fingerprint density at radius 3 is 1.31 bits per heavy atom. The van der Waals surface area contributed by atoms with Crippen LogP contribution in [-0.2, 0) is 0 Å². The van der Waals surface area contributed by atoms with Crippen LogP contribution in [0.1, 0.15) is 0 Å². The molecule has 0 aliphatic heterocycles. The molecule has 14 aromatic rings. The van der Waals surface area contributed by atoms with E-state index in [1.807, 2.05) is 36.4 Å². The van der Waals surface area contributed by atoms with Crippen LogP contribution in [0.2, 0.25) is 0 Å². The summed E-state index contributed by atoms with van der Waals surface area (Å²) >= 11 is 0. The van der Waals surface area contributed by atoms with Gasteiger partial charge in [0.15, 0.2) is 11.6 Å². The zero-order valence-corrected chi connectivity index (χ0v) is 36.8. The molecule has 3 heterocycles. The van der Waals surface area contributed by atoms with Gasteiger partial charge in [-0.15, -0.1) is 0 Å². The van der Waals surface area contributed by atoms with Gasteiger partial charge in [0.05, 0.1) is 22.1 Å². The molecule has 0 fully saturated rings. The summed E-state index contributed by atoms with van der Waals surface area (Å²) in [6.07, 6.45) is 0. The molecule has 0 aliphatic rings. The standard InChI is InChI=1S/C63H39N5/c1-4-18-40(19-5-1)44-36-45(43-32-33-51-49-26-11-10-24-47(49)48-25-12-13-27-50(48)55(51)39-43)38-46(37-44)67-57-31-17-15-29-54(57)59-58(67)35-34-53-52-28-14-16-30-56(52)68(60(53)59)63-65-61(41-20-6-2-7-21-41)64-62(66-63)42-22-8-3-9-23-42/h1-39H. The van der Waals surface area contributed by atoms with Gasteiger partial charge in [0.25, 0.3) is 0 Å². The second kappa shape index (κ2) is 15.2. The van der Waals surface area contributed by atoms with Crippen LogP contribution in [0, 0.1) is 0 Å². The zero-order chi connectivity index (χ0) is 44.7. The van der Waals surface area contributed by atoms with Gasteiger partial charge in [-0.25, -0.2) is 4.98 Å². The lowest BCUT2D eigenvalue weighted by Gasteiger charge is -2.16. The molecule has 0 radical (unpaired) electrons. The van der Waals surface area contributed by atoms with E-state index in [2.05, 4.69) is 209 Å². The Morgan fingerprint density at radius 2 is 0.706 bits per heavy atom. The Morgan fingerprint density at radius 1 is 0.250 bits per heavy atom. The number of rotatable bonds is 6. The molecule has 14 rings (SSSR count). The second-order valence-electron chi connectivity index (χ2n) is 17.6. The number of fused-ring (bicyclic) bond motifs is 13. The van der Waals surface area contributed by atoms with Crippen molar-refractivity contribution in [3.63, 3.8) is 0 Å². The molecule has 5 nitrogen and oxygen atoms in total. The first-order valence-corrected chi connectivity index (χ1v) is 23.1. The molecule has 5 heteroatoms. The molecule has 11 aromatic carbocycles. The first-order valence-electron chi connectivity index (χ1n) is 23.1. The Balaban J connectivity index is 1.06. The van der Waals surface area contributed by atoms with Gasteiger partial charge < -0.3 is 4.57 Å². The minimum Gasteiger partial charge on any atom is -0.309 e. The van der Waals surface area contributed by atoms with Gasteiger partial charge in [-0.3, -0.25) is 4.57 Å². The lowest BCUT2D eigenvalue weighted by molar-refractivity contribution is 0.955. The highest BCUT2D eigenvalue weighted by molar-refractivity contribution is 6.27. The average molecular weight is 866 g/mol. The van der Waals surface area contributed by atoms with Crippen LogP contribution in [0.5, 0.6) is 0 Å².